The van der Waals surface area contributed by atoms with Crippen molar-refractivity contribution in [2.24, 2.45) is 5.92 Å². The number of halogens is 1. The molecular weight excluding hydrogens is 416 g/mol. The molecule has 1 aliphatic carbocycles. The molecule has 2 fully saturated rings. The molecule has 1 aliphatic heterocycles. The second-order valence-corrected chi connectivity index (χ2v) is 10.3. The summed E-state index contributed by atoms with van der Waals surface area (Å²) in [6, 6.07) is 7.77. The maximum absolute atomic E-state index is 12.7. The molecule has 5 nitrogen and oxygen atoms in total. The van der Waals surface area contributed by atoms with Gasteiger partial charge in [0.05, 0.1) is 5.75 Å². The second kappa shape index (κ2) is 8.40. The van der Waals surface area contributed by atoms with Gasteiger partial charge in [-0.05, 0) is 43.4 Å². The van der Waals surface area contributed by atoms with Crippen molar-refractivity contribution in [3.8, 4) is 0 Å². The van der Waals surface area contributed by atoms with Crippen LogP contribution in [-0.2, 0) is 20.6 Å². The number of hydrogen-bond acceptors (Lipinski definition) is 3. The summed E-state index contributed by atoms with van der Waals surface area (Å²) in [6.45, 7) is 0.872. The van der Waals surface area contributed by atoms with Gasteiger partial charge in [0.1, 0.15) is 0 Å². The molecule has 1 aromatic carbocycles. The molecule has 7 heteroatoms. The minimum atomic E-state index is -3.35. The average Bonchev–Trinajstić information content (AvgIpc) is 3.15. The van der Waals surface area contributed by atoms with Crippen LogP contribution in [0.15, 0.2) is 28.7 Å². The van der Waals surface area contributed by atoms with Crippen molar-refractivity contribution in [1.82, 2.24) is 9.21 Å². The van der Waals surface area contributed by atoms with E-state index in [2.05, 4.69) is 15.9 Å². The first-order chi connectivity index (χ1) is 12.4. The molecule has 1 amide bonds. The van der Waals surface area contributed by atoms with Gasteiger partial charge in [-0.1, -0.05) is 40.9 Å². The molecular formula is C19H27BrN2O3S. The minimum absolute atomic E-state index is 0.00697. The summed E-state index contributed by atoms with van der Waals surface area (Å²) >= 11 is 3.38. The van der Waals surface area contributed by atoms with E-state index in [0.717, 1.165) is 22.9 Å². The summed E-state index contributed by atoms with van der Waals surface area (Å²) in [5, 5.41) is 0. The van der Waals surface area contributed by atoms with Crippen LogP contribution >= 0.6 is 15.9 Å². The predicted molar refractivity (Wildman–Crippen MR) is 106 cm³/mol. The lowest BCUT2D eigenvalue weighted by molar-refractivity contribution is -0.137. The molecule has 0 atom stereocenters. The summed E-state index contributed by atoms with van der Waals surface area (Å²) in [7, 11) is -1.44. The SMILES string of the molecule is CN(C(=O)C1CCN(S(=O)(=O)Cc2cccc(Br)c2)CC1)C1CCCC1. The van der Waals surface area contributed by atoms with Crippen LogP contribution in [0.1, 0.15) is 44.1 Å². The van der Waals surface area contributed by atoms with Gasteiger partial charge in [-0.3, -0.25) is 4.79 Å². The third-order valence-electron chi connectivity index (χ3n) is 5.65. The van der Waals surface area contributed by atoms with E-state index in [1.54, 1.807) is 4.31 Å². The lowest BCUT2D eigenvalue weighted by Crippen LogP contribution is -2.45. The number of hydrogen-bond donors (Lipinski definition) is 0. The molecule has 0 aromatic heterocycles. The van der Waals surface area contributed by atoms with Crippen LogP contribution in [0.3, 0.4) is 0 Å². The van der Waals surface area contributed by atoms with Gasteiger partial charge in [0.25, 0.3) is 0 Å². The van der Waals surface area contributed by atoms with Gasteiger partial charge in [-0.15, -0.1) is 0 Å². The van der Waals surface area contributed by atoms with Crippen molar-refractivity contribution < 1.29 is 13.2 Å². The summed E-state index contributed by atoms with van der Waals surface area (Å²) in [6.07, 6.45) is 5.84. The fourth-order valence-corrected chi connectivity index (χ4v) is 6.07. The van der Waals surface area contributed by atoms with Crippen molar-refractivity contribution in [2.75, 3.05) is 20.1 Å². The normalized spacial score (nSPS) is 20.4. The number of sulfonamides is 1. The van der Waals surface area contributed by atoms with Gasteiger partial charge in [-0.2, -0.15) is 0 Å². The van der Waals surface area contributed by atoms with Gasteiger partial charge in [0, 0.05) is 36.6 Å². The molecule has 0 unspecified atom stereocenters. The van der Waals surface area contributed by atoms with Crippen LogP contribution in [0, 0.1) is 5.92 Å². The molecule has 144 valence electrons. The molecule has 0 radical (unpaired) electrons. The third-order valence-corrected chi connectivity index (χ3v) is 8.00. The molecule has 0 bridgehead atoms. The van der Waals surface area contributed by atoms with E-state index in [0.29, 0.717) is 32.0 Å². The summed E-state index contributed by atoms with van der Waals surface area (Å²) < 4.78 is 27.8. The summed E-state index contributed by atoms with van der Waals surface area (Å²) in [5.41, 5.74) is 0.776. The van der Waals surface area contributed by atoms with Crippen LogP contribution in [0.4, 0.5) is 0 Å². The highest BCUT2D eigenvalue weighted by Crippen LogP contribution is 2.28. The molecule has 3 rings (SSSR count). The Morgan fingerprint density at radius 3 is 2.46 bits per heavy atom. The standard InChI is InChI=1S/C19H27BrN2O3S/c1-21(18-7-2-3-8-18)19(23)16-9-11-22(12-10-16)26(24,25)14-15-5-4-6-17(20)13-15/h4-6,13,16,18H,2-3,7-12,14H2,1H3. The van der Waals surface area contributed by atoms with E-state index < -0.39 is 10.0 Å². The fraction of sp³-hybridized carbons (Fsp3) is 0.632. The first-order valence-corrected chi connectivity index (χ1v) is 11.8. The van der Waals surface area contributed by atoms with Gasteiger partial charge >= 0.3 is 0 Å². The van der Waals surface area contributed by atoms with Crippen molar-refractivity contribution in [1.29, 1.82) is 0 Å². The Hall–Kier alpha value is -0.920. The van der Waals surface area contributed by atoms with E-state index in [-0.39, 0.29) is 17.6 Å². The number of carbonyl (C=O) groups is 1. The Labute approximate surface area is 164 Å². The Morgan fingerprint density at radius 2 is 1.85 bits per heavy atom. The Kier molecular flexibility index (Phi) is 6.41. The zero-order valence-electron chi connectivity index (χ0n) is 15.2. The number of benzene rings is 1. The van der Waals surface area contributed by atoms with E-state index in [1.807, 2.05) is 36.2 Å². The highest BCUT2D eigenvalue weighted by molar-refractivity contribution is 9.10. The Balaban J connectivity index is 1.56. The first kappa shape index (κ1) is 19.8. The van der Waals surface area contributed by atoms with Crippen LogP contribution < -0.4 is 0 Å². The van der Waals surface area contributed by atoms with Crippen LogP contribution in [0.5, 0.6) is 0 Å². The molecule has 2 aliphatic rings. The van der Waals surface area contributed by atoms with Crippen LogP contribution in [-0.4, -0.2) is 49.7 Å². The number of piperidine rings is 1. The maximum Gasteiger partial charge on any atom is 0.225 e. The van der Waals surface area contributed by atoms with Crippen molar-refractivity contribution in [2.45, 2.75) is 50.3 Å². The minimum Gasteiger partial charge on any atom is -0.343 e. The van der Waals surface area contributed by atoms with E-state index >= 15 is 0 Å². The number of amides is 1. The van der Waals surface area contributed by atoms with Gasteiger partial charge in [-0.25, -0.2) is 12.7 Å². The van der Waals surface area contributed by atoms with Crippen molar-refractivity contribution in [3.63, 3.8) is 0 Å². The fourth-order valence-electron chi connectivity index (χ4n) is 4.07. The van der Waals surface area contributed by atoms with E-state index in [1.165, 1.54) is 12.8 Å². The smallest absolute Gasteiger partial charge is 0.225 e. The van der Waals surface area contributed by atoms with Gasteiger partial charge in [0.15, 0.2) is 0 Å². The predicted octanol–water partition coefficient (Wildman–Crippen LogP) is 3.39. The zero-order chi connectivity index (χ0) is 18.7. The number of nitrogens with zero attached hydrogens (tertiary/aromatic N) is 2. The second-order valence-electron chi connectivity index (χ2n) is 7.45. The number of rotatable bonds is 5. The molecule has 1 saturated carbocycles. The van der Waals surface area contributed by atoms with E-state index in [9.17, 15) is 13.2 Å². The molecule has 1 aromatic rings. The van der Waals surface area contributed by atoms with Gasteiger partial charge < -0.3 is 4.90 Å². The van der Waals surface area contributed by atoms with Crippen molar-refractivity contribution >= 4 is 31.9 Å². The van der Waals surface area contributed by atoms with Crippen LogP contribution in [0.2, 0.25) is 0 Å². The zero-order valence-corrected chi connectivity index (χ0v) is 17.6. The third kappa shape index (κ3) is 4.67. The maximum atomic E-state index is 12.7. The first-order valence-electron chi connectivity index (χ1n) is 9.36. The highest BCUT2D eigenvalue weighted by atomic mass is 79.9. The van der Waals surface area contributed by atoms with E-state index in [4.69, 9.17) is 0 Å². The summed E-state index contributed by atoms with van der Waals surface area (Å²) in [5.74, 6) is 0.159. The molecule has 26 heavy (non-hydrogen) atoms. The molecule has 0 N–H and O–H groups in total. The average molecular weight is 443 g/mol. The monoisotopic (exact) mass is 442 g/mol. The highest BCUT2D eigenvalue weighted by Gasteiger charge is 2.34. The lowest BCUT2D eigenvalue weighted by Gasteiger charge is -2.34. The lowest BCUT2D eigenvalue weighted by atomic mass is 9.96. The topological polar surface area (TPSA) is 57.7 Å². The molecule has 1 heterocycles. The van der Waals surface area contributed by atoms with Crippen LogP contribution in [0.25, 0.3) is 0 Å². The largest absolute Gasteiger partial charge is 0.343 e. The quantitative estimate of drug-likeness (QED) is 0.701. The molecule has 0 spiro atoms. The van der Waals surface area contributed by atoms with Crippen molar-refractivity contribution in [3.05, 3.63) is 34.3 Å². The Bertz CT molecular complexity index is 739. The van der Waals surface area contributed by atoms with Gasteiger partial charge in [0.2, 0.25) is 15.9 Å². The summed E-state index contributed by atoms with van der Waals surface area (Å²) in [4.78, 5) is 14.6. The number of carbonyl (C=O) groups excluding carboxylic acids is 1. The molecule has 1 saturated heterocycles. The Morgan fingerprint density at radius 1 is 1.19 bits per heavy atom.